The maximum Gasteiger partial charge on any atom is 0.140 e. The highest BCUT2D eigenvalue weighted by Gasteiger charge is 2.11. The van der Waals surface area contributed by atoms with Gasteiger partial charge in [0.05, 0.1) is 18.4 Å². The van der Waals surface area contributed by atoms with Crippen LogP contribution in [0, 0.1) is 28.6 Å². The molecule has 1 heterocycles. The first kappa shape index (κ1) is 9.09. The molecule has 0 aromatic rings. The summed E-state index contributed by atoms with van der Waals surface area (Å²) in [7, 11) is 0. The summed E-state index contributed by atoms with van der Waals surface area (Å²) in [6.45, 7) is 3.71. The lowest BCUT2D eigenvalue weighted by Crippen LogP contribution is -1.99. The number of rotatable bonds is 2. The summed E-state index contributed by atoms with van der Waals surface area (Å²) in [5.41, 5.74) is 0.816. The lowest BCUT2D eigenvalue weighted by atomic mass is 10.1. The summed E-state index contributed by atoms with van der Waals surface area (Å²) in [5.74, 6) is -0.0360. The molecule has 13 heavy (non-hydrogen) atoms. The van der Waals surface area contributed by atoms with Crippen LogP contribution in [0.2, 0.25) is 0 Å². The fourth-order valence-corrected chi connectivity index (χ4v) is 0.926. The third-order valence-corrected chi connectivity index (χ3v) is 1.56. The molecule has 0 aliphatic carbocycles. The molecule has 0 fully saturated rings. The number of ether oxygens (including phenoxy) is 1. The predicted octanol–water partition coefficient (Wildman–Crippen LogP) is 2.02. The van der Waals surface area contributed by atoms with E-state index in [2.05, 4.69) is 6.58 Å². The minimum atomic E-state index is -0.648. The van der Waals surface area contributed by atoms with Gasteiger partial charge in [-0.1, -0.05) is 6.58 Å². The third kappa shape index (κ3) is 2.50. The Morgan fingerprint density at radius 3 is 2.69 bits per heavy atom. The smallest absolute Gasteiger partial charge is 0.140 e. The summed E-state index contributed by atoms with van der Waals surface area (Å²) in [5, 5.41) is 17.1. The van der Waals surface area contributed by atoms with Crippen molar-refractivity contribution in [1.29, 1.82) is 10.5 Å². The van der Waals surface area contributed by atoms with E-state index >= 15 is 0 Å². The second-order valence-electron chi connectivity index (χ2n) is 2.62. The van der Waals surface area contributed by atoms with E-state index in [1.54, 1.807) is 12.2 Å². The highest BCUT2D eigenvalue weighted by atomic mass is 16.5. The Kier molecular flexibility index (Phi) is 2.89. The van der Waals surface area contributed by atoms with Crippen LogP contribution >= 0.6 is 0 Å². The maximum absolute atomic E-state index is 8.53. The molecule has 0 aromatic carbocycles. The maximum atomic E-state index is 8.53. The fraction of sp³-hybridized carbons (Fsp3) is 0.200. The van der Waals surface area contributed by atoms with Gasteiger partial charge in [0.2, 0.25) is 0 Å². The Bertz CT molecular complexity index is 338. The van der Waals surface area contributed by atoms with Crippen molar-refractivity contribution in [3.8, 4) is 12.1 Å². The largest absolute Gasteiger partial charge is 0.469 e. The molecule has 0 saturated heterocycles. The predicted molar refractivity (Wildman–Crippen MR) is 46.8 cm³/mol. The van der Waals surface area contributed by atoms with Gasteiger partial charge in [-0.25, -0.2) is 0 Å². The van der Waals surface area contributed by atoms with Crippen molar-refractivity contribution in [3.63, 3.8) is 0 Å². The fourth-order valence-electron chi connectivity index (χ4n) is 0.926. The summed E-state index contributed by atoms with van der Waals surface area (Å²) in [4.78, 5) is 0. The van der Waals surface area contributed by atoms with Crippen LogP contribution in [0.5, 0.6) is 0 Å². The first-order valence-corrected chi connectivity index (χ1v) is 3.78. The van der Waals surface area contributed by atoms with Crippen LogP contribution < -0.4 is 0 Å². The van der Waals surface area contributed by atoms with Crippen LogP contribution in [-0.4, -0.2) is 0 Å². The number of nitriles is 2. The average Bonchev–Trinajstić information content (AvgIpc) is 2.14. The minimum Gasteiger partial charge on any atom is -0.469 e. The molecule has 0 radical (unpaired) electrons. The van der Waals surface area contributed by atoms with Gasteiger partial charge in [0.25, 0.3) is 0 Å². The molecule has 0 spiro atoms. The Morgan fingerprint density at radius 1 is 1.46 bits per heavy atom. The minimum absolute atomic E-state index is 0.316. The summed E-state index contributed by atoms with van der Waals surface area (Å²) in [6, 6.07) is 3.76. The van der Waals surface area contributed by atoms with Crippen molar-refractivity contribution in [2.75, 3.05) is 0 Å². The third-order valence-electron chi connectivity index (χ3n) is 1.56. The van der Waals surface area contributed by atoms with E-state index < -0.39 is 5.92 Å². The molecular formula is C10H8N2O. The summed E-state index contributed by atoms with van der Waals surface area (Å²) < 4.78 is 5.10. The van der Waals surface area contributed by atoms with E-state index in [1.165, 1.54) is 6.26 Å². The van der Waals surface area contributed by atoms with Gasteiger partial charge in [-0.05, 0) is 17.7 Å². The number of allylic oxidation sites excluding steroid dienone is 4. The monoisotopic (exact) mass is 172 g/mol. The first-order chi connectivity index (χ1) is 6.26. The van der Waals surface area contributed by atoms with E-state index in [-0.39, 0.29) is 0 Å². The molecule has 3 nitrogen and oxygen atoms in total. The molecule has 0 N–H and O–H groups in total. The molecule has 0 atom stereocenters. The zero-order valence-corrected chi connectivity index (χ0v) is 7.03. The average molecular weight is 172 g/mol. The number of hydrogen-bond acceptors (Lipinski definition) is 3. The van der Waals surface area contributed by atoms with Gasteiger partial charge >= 0.3 is 0 Å². The SMILES string of the molecule is C=C1C=COC(CC(C#N)C#N)=C1. The normalized spacial score (nSPS) is 14.4. The molecule has 1 aliphatic heterocycles. The van der Waals surface area contributed by atoms with E-state index in [9.17, 15) is 0 Å². The summed E-state index contributed by atoms with van der Waals surface area (Å²) in [6.07, 6.45) is 5.26. The zero-order chi connectivity index (χ0) is 9.68. The lowest BCUT2D eigenvalue weighted by molar-refractivity contribution is 0.323. The van der Waals surface area contributed by atoms with Gasteiger partial charge < -0.3 is 4.74 Å². The lowest BCUT2D eigenvalue weighted by Gasteiger charge is -2.10. The van der Waals surface area contributed by atoms with E-state index in [4.69, 9.17) is 15.3 Å². The highest BCUT2D eigenvalue weighted by Crippen LogP contribution is 2.18. The Hall–Kier alpha value is -2.00. The molecule has 1 rings (SSSR count). The van der Waals surface area contributed by atoms with Gasteiger partial charge in [-0.15, -0.1) is 0 Å². The van der Waals surface area contributed by atoms with Crippen LogP contribution in [0.4, 0.5) is 0 Å². The number of nitrogens with zero attached hydrogens (tertiary/aromatic N) is 2. The molecule has 0 bridgehead atoms. The van der Waals surface area contributed by atoms with E-state index in [0.29, 0.717) is 12.2 Å². The van der Waals surface area contributed by atoms with Gasteiger partial charge in [-0.3, -0.25) is 0 Å². The van der Waals surface area contributed by atoms with Gasteiger partial charge in [-0.2, -0.15) is 10.5 Å². The van der Waals surface area contributed by atoms with Crippen LogP contribution in [0.15, 0.2) is 36.3 Å². The molecule has 0 amide bonds. The van der Waals surface area contributed by atoms with Crippen LogP contribution in [0.25, 0.3) is 0 Å². The first-order valence-electron chi connectivity index (χ1n) is 3.78. The molecule has 0 aromatic heterocycles. The second-order valence-corrected chi connectivity index (χ2v) is 2.62. The van der Waals surface area contributed by atoms with Crippen molar-refractivity contribution in [2.45, 2.75) is 6.42 Å². The molecule has 0 unspecified atom stereocenters. The van der Waals surface area contributed by atoms with Crippen LogP contribution in [0.3, 0.4) is 0 Å². The Balaban J connectivity index is 2.62. The van der Waals surface area contributed by atoms with Crippen molar-refractivity contribution in [3.05, 3.63) is 36.3 Å². The van der Waals surface area contributed by atoms with Crippen molar-refractivity contribution < 1.29 is 4.74 Å². The van der Waals surface area contributed by atoms with E-state index in [0.717, 1.165) is 5.57 Å². The van der Waals surface area contributed by atoms with Crippen LogP contribution in [0.1, 0.15) is 6.42 Å². The van der Waals surface area contributed by atoms with Crippen molar-refractivity contribution >= 4 is 0 Å². The Labute approximate surface area is 76.8 Å². The Morgan fingerprint density at radius 2 is 2.15 bits per heavy atom. The summed E-state index contributed by atoms with van der Waals surface area (Å²) >= 11 is 0. The topological polar surface area (TPSA) is 56.8 Å². The van der Waals surface area contributed by atoms with Crippen LogP contribution in [-0.2, 0) is 4.74 Å². The van der Waals surface area contributed by atoms with E-state index in [1.807, 2.05) is 12.1 Å². The molecular weight excluding hydrogens is 164 g/mol. The molecule has 0 saturated carbocycles. The second kappa shape index (κ2) is 4.13. The zero-order valence-electron chi connectivity index (χ0n) is 7.03. The highest BCUT2D eigenvalue weighted by molar-refractivity contribution is 5.32. The van der Waals surface area contributed by atoms with Gasteiger partial charge in [0, 0.05) is 6.42 Å². The van der Waals surface area contributed by atoms with Gasteiger partial charge in [0.1, 0.15) is 11.7 Å². The standard InChI is InChI=1S/C10H8N2O/c1-8-2-3-13-10(4-8)5-9(6-11)7-12/h2-4,9H,1,5H2. The van der Waals surface area contributed by atoms with Crippen molar-refractivity contribution in [1.82, 2.24) is 0 Å². The molecule has 3 heteroatoms. The molecule has 64 valence electrons. The quantitative estimate of drug-likeness (QED) is 0.640. The van der Waals surface area contributed by atoms with Gasteiger partial charge in [0.15, 0.2) is 0 Å². The number of hydrogen-bond donors (Lipinski definition) is 0. The van der Waals surface area contributed by atoms with Crippen molar-refractivity contribution in [2.24, 2.45) is 5.92 Å². The molecule has 1 aliphatic rings.